The van der Waals surface area contributed by atoms with Crippen LogP contribution in [0, 0.1) is 0 Å². The van der Waals surface area contributed by atoms with Crippen molar-refractivity contribution >= 4 is 6.41 Å². The van der Waals surface area contributed by atoms with Gasteiger partial charge >= 0.3 is 0 Å². The molecule has 0 radical (unpaired) electrons. The number of likely N-dealkylation sites (N-methyl/N-ethyl adjacent to an activating group) is 1. The summed E-state index contributed by atoms with van der Waals surface area (Å²) in [5.74, 6) is 0. The highest BCUT2D eigenvalue weighted by molar-refractivity contribution is 5.45. The molecule has 0 aromatic heterocycles. The summed E-state index contributed by atoms with van der Waals surface area (Å²) in [5.41, 5.74) is -0.379. The first kappa shape index (κ1) is 25.3. The Morgan fingerprint density at radius 2 is 1.76 bits per heavy atom. The van der Waals surface area contributed by atoms with Gasteiger partial charge in [-0.05, 0) is 13.5 Å². The Labute approximate surface area is 130 Å². The summed E-state index contributed by atoms with van der Waals surface area (Å²) in [6.45, 7) is 16.1. The van der Waals surface area contributed by atoms with Crippen LogP contribution in [0.2, 0.25) is 0 Å². The van der Waals surface area contributed by atoms with Crippen LogP contribution in [0.5, 0.6) is 0 Å². The van der Waals surface area contributed by atoms with Crippen molar-refractivity contribution in [3.05, 3.63) is 0 Å². The van der Waals surface area contributed by atoms with E-state index in [4.69, 9.17) is 9.84 Å². The van der Waals surface area contributed by atoms with E-state index >= 15 is 0 Å². The molecule has 1 amide bonds. The van der Waals surface area contributed by atoms with Gasteiger partial charge in [0.15, 0.2) is 0 Å². The van der Waals surface area contributed by atoms with Crippen LogP contribution in [0.3, 0.4) is 0 Å². The quantitative estimate of drug-likeness (QED) is 0.480. The first-order valence-corrected chi connectivity index (χ1v) is 7.86. The molecule has 0 bridgehead atoms. The maximum absolute atomic E-state index is 9.62. The number of hydrogen-bond acceptors (Lipinski definition) is 5. The van der Waals surface area contributed by atoms with Crippen molar-refractivity contribution < 1.29 is 19.7 Å². The summed E-state index contributed by atoms with van der Waals surface area (Å²) >= 11 is 0. The minimum atomic E-state index is -0.379. The lowest BCUT2D eigenvalue weighted by molar-refractivity contribution is -0.109. The van der Waals surface area contributed by atoms with Crippen molar-refractivity contribution in [1.82, 2.24) is 10.2 Å². The predicted molar refractivity (Wildman–Crippen MR) is 87.4 cm³/mol. The number of amides is 1. The van der Waals surface area contributed by atoms with E-state index < -0.39 is 0 Å². The molecule has 0 unspecified atom stereocenters. The number of carbonyl (C=O) groups excluding carboxylic acids is 1. The largest absolute Gasteiger partial charge is 0.394 e. The SMILES string of the molecule is CC.CC.CCN1CC(C)(O)C1.O=CNCCOCCO. The number of nitrogens with zero attached hydrogens (tertiary/aromatic N) is 1. The number of ether oxygens (including phenoxy) is 1. The number of rotatable bonds is 7. The second-order valence-electron chi connectivity index (χ2n) is 4.21. The molecular formula is C15H36N2O4. The third-order valence-corrected chi connectivity index (χ3v) is 2.29. The summed E-state index contributed by atoms with van der Waals surface area (Å²) in [7, 11) is 0. The summed E-state index contributed by atoms with van der Waals surface area (Å²) < 4.78 is 4.81. The lowest BCUT2D eigenvalue weighted by Crippen LogP contribution is -2.59. The van der Waals surface area contributed by atoms with Gasteiger partial charge in [0.1, 0.15) is 0 Å². The Bertz CT molecular complexity index is 194. The van der Waals surface area contributed by atoms with E-state index in [0.717, 1.165) is 19.6 Å². The van der Waals surface area contributed by atoms with Crippen molar-refractivity contribution in [3.63, 3.8) is 0 Å². The van der Waals surface area contributed by atoms with E-state index in [1.165, 1.54) is 0 Å². The second-order valence-corrected chi connectivity index (χ2v) is 4.21. The van der Waals surface area contributed by atoms with Gasteiger partial charge in [0.05, 0.1) is 25.4 Å². The minimum Gasteiger partial charge on any atom is -0.394 e. The first-order valence-electron chi connectivity index (χ1n) is 7.86. The molecule has 0 aliphatic carbocycles. The van der Waals surface area contributed by atoms with Gasteiger partial charge in [-0.3, -0.25) is 9.69 Å². The normalized spacial score (nSPS) is 14.9. The highest BCUT2D eigenvalue weighted by atomic mass is 16.5. The Balaban J connectivity index is -0.000000250. The van der Waals surface area contributed by atoms with Gasteiger partial charge in [0.25, 0.3) is 0 Å². The minimum absolute atomic E-state index is 0.0289. The molecule has 6 heteroatoms. The highest BCUT2D eigenvalue weighted by Gasteiger charge is 2.34. The average Bonchev–Trinajstić information content (AvgIpc) is 2.49. The van der Waals surface area contributed by atoms with E-state index in [1.54, 1.807) is 0 Å². The molecule has 1 fully saturated rings. The number of likely N-dealkylation sites (tertiary alicyclic amines) is 1. The average molecular weight is 308 g/mol. The van der Waals surface area contributed by atoms with Crippen molar-refractivity contribution in [2.24, 2.45) is 0 Å². The van der Waals surface area contributed by atoms with Crippen molar-refractivity contribution in [1.29, 1.82) is 0 Å². The molecule has 1 heterocycles. The second kappa shape index (κ2) is 19.3. The van der Waals surface area contributed by atoms with Crippen molar-refractivity contribution in [2.45, 2.75) is 47.1 Å². The fourth-order valence-electron chi connectivity index (χ4n) is 1.50. The predicted octanol–water partition coefficient (Wildman–Crippen LogP) is 0.867. The van der Waals surface area contributed by atoms with E-state index in [9.17, 15) is 9.90 Å². The van der Waals surface area contributed by atoms with Gasteiger partial charge in [-0.2, -0.15) is 0 Å². The lowest BCUT2D eigenvalue weighted by atomic mass is 9.97. The molecule has 0 atom stereocenters. The summed E-state index contributed by atoms with van der Waals surface area (Å²) in [5, 5.41) is 19.8. The smallest absolute Gasteiger partial charge is 0.207 e. The Morgan fingerprint density at radius 1 is 1.24 bits per heavy atom. The number of aliphatic hydroxyl groups excluding tert-OH is 1. The molecule has 0 aromatic rings. The maximum atomic E-state index is 9.62. The Morgan fingerprint density at radius 3 is 2.05 bits per heavy atom. The summed E-state index contributed by atoms with van der Waals surface area (Å²) in [6, 6.07) is 0. The van der Waals surface area contributed by atoms with Gasteiger partial charge in [-0.25, -0.2) is 0 Å². The standard InChI is InChI=1S/C6H13NO.C5H11NO3.2C2H6/c1-3-7-4-6(2,8)5-7;7-2-4-9-3-1-6-5-8;2*1-2/h8H,3-5H2,1-2H3;5,7H,1-4H2,(H,6,8);2*1-2H3. The van der Waals surface area contributed by atoms with Crippen LogP contribution in [0.1, 0.15) is 41.5 Å². The van der Waals surface area contributed by atoms with Crippen LogP contribution < -0.4 is 5.32 Å². The molecule has 1 saturated heterocycles. The fraction of sp³-hybridized carbons (Fsp3) is 0.933. The topological polar surface area (TPSA) is 82.0 Å². The molecule has 1 rings (SSSR count). The molecule has 0 saturated carbocycles. The number of β-amino-alcohol motifs (C(OH)–C–C–N with tert-alkyl or cyclic N) is 1. The zero-order valence-corrected chi connectivity index (χ0v) is 14.7. The molecule has 0 spiro atoms. The molecule has 1 aliphatic heterocycles. The van der Waals surface area contributed by atoms with E-state index in [1.807, 2.05) is 34.6 Å². The third-order valence-electron chi connectivity index (χ3n) is 2.29. The number of aliphatic hydroxyl groups is 2. The molecule has 0 aromatic carbocycles. The third kappa shape index (κ3) is 19.3. The summed E-state index contributed by atoms with van der Waals surface area (Å²) in [6.07, 6.45) is 0.613. The lowest BCUT2D eigenvalue weighted by Gasteiger charge is -2.43. The first-order chi connectivity index (χ1) is 10.1. The number of hydrogen-bond donors (Lipinski definition) is 3. The molecular weight excluding hydrogens is 272 g/mol. The molecule has 21 heavy (non-hydrogen) atoms. The number of nitrogens with one attached hydrogen (secondary N) is 1. The van der Waals surface area contributed by atoms with Crippen LogP contribution in [0.4, 0.5) is 0 Å². The van der Waals surface area contributed by atoms with Crippen LogP contribution in [-0.4, -0.2) is 73.1 Å². The van der Waals surface area contributed by atoms with E-state index in [2.05, 4.69) is 17.1 Å². The Hall–Kier alpha value is -0.690. The highest BCUT2D eigenvalue weighted by Crippen LogP contribution is 2.18. The van der Waals surface area contributed by atoms with Gasteiger partial charge in [-0.15, -0.1) is 0 Å². The number of carbonyl (C=O) groups is 1. The van der Waals surface area contributed by atoms with E-state index in [0.29, 0.717) is 26.2 Å². The van der Waals surface area contributed by atoms with Gasteiger partial charge < -0.3 is 20.3 Å². The zero-order chi connectivity index (χ0) is 17.1. The van der Waals surface area contributed by atoms with Crippen LogP contribution in [-0.2, 0) is 9.53 Å². The van der Waals surface area contributed by atoms with Crippen molar-refractivity contribution in [3.8, 4) is 0 Å². The summed E-state index contributed by atoms with van der Waals surface area (Å²) in [4.78, 5) is 11.8. The van der Waals surface area contributed by atoms with Crippen LogP contribution in [0.25, 0.3) is 0 Å². The molecule has 130 valence electrons. The van der Waals surface area contributed by atoms with Crippen LogP contribution in [0.15, 0.2) is 0 Å². The van der Waals surface area contributed by atoms with E-state index in [-0.39, 0.29) is 12.2 Å². The molecule has 6 nitrogen and oxygen atoms in total. The molecule has 3 N–H and O–H groups in total. The zero-order valence-electron chi connectivity index (χ0n) is 14.7. The van der Waals surface area contributed by atoms with Gasteiger partial charge in [0.2, 0.25) is 6.41 Å². The Kier molecular flexibility index (Phi) is 23.2. The maximum Gasteiger partial charge on any atom is 0.207 e. The van der Waals surface area contributed by atoms with Crippen LogP contribution >= 0.6 is 0 Å². The van der Waals surface area contributed by atoms with Crippen molar-refractivity contribution in [2.75, 3.05) is 46.0 Å². The monoisotopic (exact) mass is 308 g/mol. The fourth-order valence-corrected chi connectivity index (χ4v) is 1.50. The van der Waals surface area contributed by atoms with Gasteiger partial charge in [-0.1, -0.05) is 34.6 Å². The molecule has 1 aliphatic rings. The van der Waals surface area contributed by atoms with Gasteiger partial charge in [0, 0.05) is 19.6 Å².